The first kappa shape index (κ1) is 26.2. The molecule has 1 aliphatic heterocycles. The Labute approximate surface area is 265 Å². The van der Waals surface area contributed by atoms with Gasteiger partial charge in [0, 0.05) is 47.8 Å². The summed E-state index contributed by atoms with van der Waals surface area (Å²) < 4.78 is 5.00. The number of fused-ring (bicyclic) bond motifs is 6. The average Bonchev–Trinajstić information content (AvgIpc) is 3.63. The predicted molar refractivity (Wildman–Crippen MR) is 189 cm³/mol. The van der Waals surface area contributed by atoms with Crippen LogP contribution in [0, 0.1) is 0 Å². The van der Waals surface area contributed by atoms with Crippen molar-refractivity contribution in [2.75, 3.05) is 7.05 Å². The third-order valence-corrected chi connectivity index (χ3v) is 10.3. The van der Waals surface area contributed by atoms with Crippen LogP contribution in [0.4, 0.5) is 0 Å². The first-order chi connectivity index (χ1) is 22.2. The summed E-state index contributed by atoms with van der Waals surface area (Å²) in [5.74, 6) is 0.916. The second-order valence-electron chi connectivity index (χ2n) is 11.7. The number of thiophene rings is 1. The van der Waals surface area contributed by atoms with Crippen molar-refractivity contribution < 1.29 is 0 Å². The van der Waals surface area contributed by atoms with Gasteiger partial charge in [-0.15, -0.1) is 11.3 Å². The van der Waals surface area contributed by atoms with E-state index in [1.807, 2.05) is 11.3 Å². The molecule has 0 saturated carbocycles. The van der Waals surface area contributed by atoms with Crippen molar-refractivity contribution in [3.05, 3.63) is 162 Å². The van der Waals surface area contributed by atoms with Gasteiger partial charge < -0.3 is 9.88 Å². The fourth-order valence-corrected chi connectivity index (χ4v) is 8.22. The highest BCUT2D eigenvalue weighted by Crippen LogP contribution is 2.44. The maximum absolute atomic E-state index is 5.23. The van der Waals surface area contributed by atoms with Crippen LogP contribution in [0.3, 0.4) is 0 Å². The molecule has 2 atom stereocenters. The third-order valence-electron chi connectivity index (χ3n) is 9.09. The van der Waals surface area contributed by atoms with E-state index >= 15 is 0 Å². The van der Waals surface area contributed by atoms with E-state index in [1.165, 1.54) is 58.8 Å². The maximum atomic E-state index is 5.23. The molecule has 0 saturated heterocycles. The highest BCUT2D eigenvalue weighted by atomic mass is 32.1. The molecule has 0 radical (unpaired) electrons. The largest absolute Gasteiger partial charge is 0.350 e. The molecule has 6 aromatic carbocycles. The number of aromatic nitrogens is 1. The van der Waals surface area contributed by atoms with Crippen molar-refractivity contribution >= 4 is 59.2 Å². The van der Waals surface area contributed by atoms with Crippen LogP contribution in [0.1, 0.15) is 29.0 Å². The number of amidine groups is 1. The van der Waals surface area contributed by atoms with E-state index in [-0.39, 0.29) is 12.3 Å². The van der Waals surface area contributed by atoms with Crippen molar-refractivity contribution in [1.82, 2.24) is 14.8 Å². The second-order valence-corrected chi connectivity index (χ2v) is 12.8. The number of nitrogens with one attached hydrogen (secondary N) is 1. The van der Waals surface area contributed by atoms with Crippen LogP contribution in [-0.2, 0) is 0 Å². The molecule has 216 valence electrons. The molecular weight excluding hydrogens is 569 g/mol. The van der Waals surface area contributed by atoms with E-state index in [1.54, 1.807) is 0 Å². The molecule has 0 aliphatic carbocycles. The lowest BCUT2D eigenvalue weighted by atomic mass is 10.0. The van der Waals surface area contributed by atoms with Crippen LogP contribution >= 0.6 is 11.3 Å². The molecule has 9 rings (SSSR count). The minimum atomic E-state index is -0.114. The number of benzene rings is 6. The lowest BCUT2D eigenvalue weighted by molar-refractivity contribution is 0.153. The Kier molecular flexibility index (Phi) is 6.08. The average molecular weight is 599 g/mol. The van der Waals surface area contributed by atoms with Gasteiger partial charge in [0.05, 0.1) is 11.0 Å². The van der Waals surface area contributed by atoms with E-state index < -0.39 is 0 Å². The molecule has 2 unspecified atom stereocenters. The molecule has 4 nitrogen and oxygen atoms in total. The molecule has 1 N–H and O–H groups in total. The zero-order chi connectivity index (χ0) is 29.9. The zero-order valence-electron chi connectivity index (χ0n) is 24.8. The number of hydrogen-bond acceptors (Lipinski definition) is 4. The van der Waals surface area contributed by atoms with Crippen LogP contribution in [0.2, 0.25) is 0 Å². The van der Waals surface area contributed by atoms with Gasteiger partial charge in [-0.2, -0.15) is 0 Å². The molecule has 0 amide bonds. The quantitative estimate of drug-likeness (QED) is 0.219. The van der Waals surface area contributed by atoms with Crippen LogP contribution in [-0.4, -0.2) is 22.4 Å². The third kappa shape index (κ3) is 4.20. The molecule has 2 aromatic heterocycles. The number of aliphatic imine (C=N–C) groups is 1. The van der Waals surface area contributed by atoms with Gasteiger partial charge in [0.1, 0.15) is 18.2 Å². The normalized spacial score (nSPS) is 17.2. The summed E-state index contributed by atoms with van der Waals surface area (Å²) in [4.78, 5) is 7.59. The van der Waals surface area contributed by atoms with Crippen LogP contribution in [0.25, 0.3) is 47.7 Å². The number of nitrogens with zero attached hydrogens (tertiary/aromatic N) is 3. The summed E-state index contributed by atoms with van der Waals surface area (Å²) in [6.45, 7) is 0. The van der Waals surface area contributed by atoms with Gasteiger partial charge in [0.25, 0.3) is 0 Å². The Morgan fingerprint density at radius 3 is 2.11 bits per heavy atom. The smallest absolute Gasteiger partial charge is 0.132 e. The Morgan fingerprint density at radius 1 is 0.622 bits per heavy atom. The SMILES string of the molecule is CN1C(c2ccccc2)N=C(c2ccccc2)NC1c1cccc2c1sc1cc3c(cc12)c1ccccc1n3-c1ccccc1. The minimum Gasteiger partial charge on any atom is -0.350 e. The van der Waals surface area contributed by atoms with Crippen molar-refractivity contribution in [1.29, 1.82) is 0 Å². The Hall–Kier alpha value is -5.23. The monoisotopic (exact) mass is 598 g/mol. The van der Waals surface area contributed by atoms with E-state index in [0.29, 0.717) is 0 Å². The molecule has 1 aliphatic rings. The Bertz CT molecular complexity index is 2370. The highest BCUT2D eigenvalue weighted by Gasteiger charge is 2.32. The molecule has 3 heterocycles. The van der Waals surface area contributed by atoms with E-state index in [9.17, 15) is 0 Å². The van der Waals surface area contributed by atoms with Gasteiger partial charge in [-0.05, 0) is 42.9 Å². The highest BCUT2D eigenvalue weighted by molar-refractivity contribution is 7.26. The second kappa shape index (κ2) is 10.4. The van der Waals surface area contributed by atoms with Crippen molar-refractivity contribution in [3.8, 4) is 5.69 Å². The molecule has 5 heteroatoms. The van der Waals surface area contributed by atoms with Gasteiger partial charge in [-0.3, -0.25) is 4.90 Å². The summed E-state index contributed by atoms with van der Waals surface area (Å²) in [6, 6.07) is 52.1. The topological polar surface area (TPSA) is 32.6 Å². The van der Waals surface area contributed by atoms with Crippen LogP contribution in [0.15, 0.2) is 151 Å². The molecule has 45 heavy (non-hydrogen) atoms. The Morgan fingerprint density at radius 2 is 1.31 bits per heavy atom. The molecule has 0 fully saturated rings. The number of hydrogen-bond donors (Lipinski definition) is 1. The number of para-hydroxylation sites is 2. The zero-order valence-corrected chi connectivity index (χ0v) is 25.6. The fourth-order valence-electron chi connectivity index (χ4n) is 6.96. The van der Waals surface area contributed by atoms with Crippen molar-refractivity contribution in [3.63, 3.8) is 0 Å². The first-order valence-electron chi connectivity index (χ1n) is 15.3. The summed E-state index contributed by atoms with van der Waals surface area (Å²) in [7, 11) is 2.18. The molecular formula is C40H30N4S. The van der Waals surface area contributed by atoms with E-state index in [4.69, 9.17) is 4.99 Å². The summed E-state index contributed by atoms with van der Waals surface area (Å²) in [5.41, 5.74) is 7.18. The van der Waals surface area contributed by atoms with Crippen molar-refractivity contribution in [2.24, 2.45) is 4.99 Å². The van der Waals surface area contributed by atoms with Gasteiger partial charge in [-0.25, -0.2) is 4.99 Å². The van der Waals surface area contributed by atoms with Crippen molar-refractivity contribution in [2.45, 2.75) is 12.3 Å². The minimum absolute atomic E-state index is 0.0620. The van der Waals surface area contributed by atoms with Crippen LogP contribution < -0.4 is 5.32 Å². The summed E-state index contributed by atoms with van der Waals surface area (Å²) >= 11 is 1.89. The molecule has 8 aromatic rings. The standard InChI is InChI=1S/C40H30N4S/c1-43-39(27-16-7-3-8-17-27)41-38(26-14-5-2-6-15-26)42-40(43)31-22-13-21-30-33-24-32-29-20-11-12-23-34(29)44(28-18-9-4-10-19-28)35(32)25-36(33)45-37(30)31/h2-25,39-40H,1H3,(H,41,42). The number of rotatable bonds is 4. The Balaban J connectivity index is 1.25. The van der Waals surface area contributed by atoms with Gasteiger partial charge in [-0.1, -0.05) is 115 Å². The fraction of sp³-hybridized carbons (Fsp3) is 0.0750. The summed E-state index contributed by atoms with van der Waals surface area (Å²) in [5, 5.41) is 8.98. The lowest BCUT2D eigenvalue weighted by Gasteiger charge is -2.39. The predicted octanol–water partition coefficient (Wildman–Crippen LogP) is 9.83. The maximum Gasteiger partial charge on any atom is 0.132 e. The van der Waals surface area contributed by atoms with Gasteiger partial charge >= 0.3 is 0 Å². The molecule has 0 bridgehead atoms. The first-order valence-corrected chi connectivity index (χ1v) is 16.2. The van der Waals surface area contributed by atoms with E-state index in [2.05, 4.69) is 167 Å². The molecule has 0 spiro atoms. The van der Waals surface area contributed by atoms with Gasteiger partial charge in [0.2, 0.25) is 0 Å². The van der Waals surface area contributed by atoms with E-state index in [0.717, 1.165) is 11.4 Å². The van der Waals surface area contributed by atoms with Gasteiger partial charge in [0.15, 0.2) is 0 Å². The lowest BCUT2D eigenvalue weighted by Crippen LogP contribution is -2.46. The van der Waals surface area contributed by atoms with Crippen LogP contribution in [0.5, 0.6) is 0 Å². The summed E-state index contributed by atoms with van der Waals surface area (Å²) in [6.07, 6.45) is -0.176.